The molecule has 5 aliphatic rings. The van der Waals surface area contributed by atoms with Gasteiger partial charge in [-0.25, -0.2) is 0 Å². The average molecular weight is 807 g/mol. The summed E-state index contributed by atoms with van der Waals surface area (Å²) < 4.78 is 6.42. The number of carbonyl (C=O) groups excluding carboxylic acids is 1. The average Bonchev–Trinajstić information content (AvgIpc) is 3.18. The van der Waals surface area contributed by atoms with Gasteiger partial charge in [0.1, 0.15) is 6.10 Å². The summed E-state index contributed by atoms with van der Waals surface area (Å²) in [5.74, 6) is 1.69. The van der Waals surface area contributed by atoms with Gasteiger partial charge < -0.3 is 9.84 Å². The van der Waals surface area contributed by atoms with Crippen LogP contribution in [0.3, 0.4) is 0 Å². The van der Waals surface area contributed by atoms with Crippen molar-refractivity contribution in [2.75, 3.05) is 0 Å². The molecule has 334 valence electrons. The van der Waals surface area contributed by atoms with E-state index in [-0.39, 0.29) is 39.7 Å². The SMILES string of the molecule is CCCCCCCCCCCCCCCCCCCCCCCC(=O)O[C@H]1CC[C@]2(C)[C@H]3CC=C4[C@@H]5[C@@H](C)[C@H](C)CC[C@]5(C(=O)O)CC[C@@]4(C)[C@]3(C)CC[C@H]2C1(C)C. The third-order valence-electron chi connectivity index (χ3n) is 19.1. The minimum absolute atomic E-state index is 0.00180. The molecule has 4 saturated carbocycles. The lowest BCUT2D eigenvalue weighted by Crippen LogP contribution is -2.65. The van der Waals surface area contributed by atoms with Crippen LogP contribution in [0, 0.1) is 56.7 Å². The molecule has 0 aromatic rings. The number of hydrogen-bond acceptors (Lipinski definition) is 3. The van der Waals surface area contributed by atoms with E-state index >= 15 is 0 Å². The third-order valence-corrected chi connectivity index (χ3v) is 19.1. The number of carboxylic acids is 1. The molecule has 5 aliphatic carbocycles. The van der Waals surface area contributed by atoms with Crippen LogP contribution < -0.4 is 0 Å². The van der Waals surface area contributed by atoms with Gasteiger partial charge in [-0.05, 0) is 110 Å². The van der Waals surface area contributed by atoms with Gasteiger partial charge in [0, 0.05) is 11.8 Å². The van der Waals surface area contributed by atoms with Crippen molar-refractivity contribution in [3.63, 3.8) is 0 Å². The first-order valence-corrected chi connectivity index (χ1v) is 25.8. The van der Waals surface area contributed by atoms with Crippen LogP contribution in [0.1, 0.15) is 254 Å². The van der Waals surface area contributed by atoms with Gasteiger partial charge in [0.05, 0.1) is 5.41 Å². The number of rotatable bonds is 24. The fraction of sp³-hybridized carbons (Fsp3) is 0.926. The van der Waals surface area contributed by atoms with Crippen LogP contribution in [0.4, 0.5) is 0 Å². The number of ether oxygens (including phenoxy) is 1. The molecule has 4 heteroatoms. The zero-order chi connectivity index (χ0) is 42.0. The summed E-state index contributed by atoms with van der Waals surface area (Å²) in [6.07, 6.45) is 41.2. The Balaban J connectivity index is 0.983. The highest BCUT2D eigenvalue weighted by Gasteiger charge is 2.69. The van der Waals surface area contributed by atoms with Crippen molar-refractivity contribution in [2.45, 2.75) is 261 Å². The summed E-state index contributed by atoms with van der Waals surface area (Å²) in [6, 6.07) is 0. The Bertz CT molecular complexity index is 1330. The number of allylic oxidation sites excluding steroid dienone is 2. The molecule has 0 unspecified atom stereocenters. The summed E-state index contributed by atoms with van der Waals surface area (Å²) >= 11 is 0. The zero-order valence-corrected chi connectivity index (χ0v) is 39.6. The van der Waals surface area contributed by atoms with Crippen LogP contribution in [0.25, 0.3) is 0 Å². The number of aliphatic carboxylic acids is 1. The highest BCUT2D eigenvalue weighted by atomic mass is 16.5. The maximum Gasteiger partial charge on any atom is 0.310 e. The first kappa shape index (κ1) is 47.7. The minimum Gasteiger partial charge on any atom is -0.481 e. The van der Waals surface area contributed by atoms with Gasteiger partial charge in [0.25, 0.3) is 0 Å². The monoisotopic (exact) mass is 807 g/mol. The number of unbranched alkanes of at least 4 members (excludes halogenated alkanes) is 20. The highest BCUT2D eigenvalue weighted by Crippen LogP contribution is 2.76. The first-order valence-electron chi connectivity index (χ1n) is 25.8. The normalized spacial score (nSPS) is 36.5. The van der Waals surface area contributed by atoms with Crippen molar-refractivity contribution in [3.05, 3.63) is 11.6 Å². The summed E-state index contributed by atoms with van der Waals surface area (Å²) in [5, 5.41) is 10.7. The molecule has 4 fully saturated rings. The lowest BCUT2D eigenvalue weighted by molar-refractivity contribution is -0.214. The molecule has 5 rings (SSSR count). The largest absolute Gasteiger partial charge is 0.481 e. The van der Waals surface area contributed by atoms with Crippen molar-refractivity contribution >= 4 is 11.9 Å². The second-order valence-corrected chi connectivity index (χ2v) is 22.8. The van der Waals surface area contributed by atoms with E-state index in [0.29, 0.717) is 30.1 Å². The van der Waals surface area contributed by atoms with Crippen molar-refractivity contribution in [2.24, 2.45) is 56.7 Å². The van der Waals surface area contributed by atoms with E-state index in [1.165, 1.54) is 140 Å². The molecule has 4 nitrogen and oxygen atoms in total. The number of hydrogen-bond donors (Lipinski definition) is 1. The van der Waals surface area contributed by atoms with Crippen molar-refractivity contribution in [1.82, 2.24) is 0 Å². The van der Waals surface area contributed by atoms with E-state index in [4.69, 9.17) is 4.74 Å². The second kappa shape index (κ2) is 21.2. The molecular weight excluding hydrogens is 713 g/mol. The number of carboxylic acid groups (broad SMARTS) is 1. The Morgan fingerprint density at radius 2 is 1.16 bits per heavy atom. The second-order valence-electron chi connectivity index (χ2n) is 22.8. The summed E-state index contributed by atoms with van der Waals surface area (Å²) in [5.41, 5.74) is 1.25. The van der Waals surface area contributed by atoms with Gasteiger partial charge in [-0.15, -0.1) is 0 Å². The minimum atomic E-state index is -0.587. The molecule has 0 aromatic heterocycles. The van der Waals surface area contributed by atoms with Crippen LogP contribution in [0.5, 0.6) is 0 Å². The predicted octanol–water partition coefficient (Wildman–Crippen LogP) is 16.2. The topological polar surface area (TPSA) is 63.6 Å². The van der Waals surface area contributed by atoms with E-state index in [1.807, 2.05) is 0 Å². The molecule has 0 saturated heterocycles. The van der Waals surface area contributed by atoms with Crippen LogP contribution in [-0.2, 0) is 14.3 Å². The van der Waals surface area contributed by atoms with Crippen LogP contribution in [-0.4, -0.2) is 23.1 Å². The maximum absolute atomic E-state index is 13.3. The quantitative estimate of drug-likeness (QED) is 0.0599. The smallest absolute Gasteiger partial charge is 0.310 e. The molecule has 0 spiro atoms. The van der Waals surface area contributed by atoms with E-state index in [0.717, 1.165) is 57.8 Å². The fourth-order valence-corrected chi connectivity index (χ4v) is 15.0. The number of esters is 1. The Labute approximate surface area is 359 Å². The van der Waals surface area contributed by atoms with E-state index in [1.54, 1.807) is 0 Å². The Hall–Kier alpha value is -1.32. The van der Waals surface area contributed by atoms with Gasteiger partial charge in [-0.3, -0.25) is 9.59 Å². The molecule has 0 aromatic carbocycles. The summed E-state index contributed by atoms with van der Waals surface area (Å²) in [4.78, 5) is 26.4. The first-order chi connectivity index (χ1) is 27.7. The third kappa shape index (κ3) is 10.1. The maximum atomic E-state index is 13.3. The summed E-state index contributed by atoms with van der Waals surface area (Å²) in [7, 11) is 0. The van der Waals surface area contributed by atoms with Crippen molar-refractivity contribution in [3.8, 4) is 0 Å². The highest BCUT2D eigenvalue weighted by molar-refractivity contribution is 5.76. The van der Waals surface area contributed by atoms with Crippen molar-refractivity contribution in [1.29, 1.82) is 0 Å². The molecule has 0 radical (unpaired) electrons. The van der Waals surface area contributed by atoms with Gasteiger partial charge >= 0.3 is 11.9 Å². The van der Waals surface area contributed by atoms with Crippen LogP contribution in [0.15, 0.2) is 11.6 Å². The molecule has 0 aliphatic heterocycles. The predicted molar refractivity (Wildman–Crippen MR) is 244 cm³/mol. The zero-order valence-electron chi connectivity index (χ0n) is 39.6. The summed E-state index contributed by atoms with van der Waals surface area (Å²) in [6.45, 7) is 19.6. The Morgan fingerprint density at radius 1 is 0.638 bits per heavy atom. The van der Waals surface area contributed by atoms with E-state index in [9.17, 15) is 14.7 Å². The molecule has 0 heterocycles. The number of fused-ring (bicyclic) bond motifs is 7. The van der Waals surface area contributed by atoms with Gasteiger partial charge in [-0.2, -0.15) is 0 Å². The van der Waals surface area contributed by atoms with E-state index < -0.39 is 11.4 Å². The van der Waals surface area contributed by atoms with Gasteiger partial charge in [0.2, 0.25) is 0 Å². The van der Waals surface area contributed by atoms with Gasteiger partial charge in [0.15, 0.2) is 0 Å². The lowest BCUT2D eigenvalue weighted by atomic mass is 9.33. The van der Waals surface area contributed by atoms with Crippen molar-refractivity contribution < 1.29 is 19.4 Å². The lowest BCUT2D eigenvalue weighted by Gasteiger charge is -2.71. The fourth-order valence-electron chi connectivity index (χ4n) is 15.0. The Kier molecular flexibility index (Phi) is 17.4. The van der Waals surface area contributed by atoms with E-state index in [2.05, 4.69) is 61.5 Å². The number of carbonyl (C=O) groups is 2. The van der Waals surface area contributed by atoms with Crippen LogP contribution in [0.2, 0.25) is 0 Å². The molecule has 0 bridgehead atoms. The Morgan fingerprint density at radius 3 is 1.67 bits per heavy atom. The molecule has 0 amide bonds. The molecular formula is C54H94O4. The molecule has 1 N–H and O–H groups in total. The molecule has 58 heavy (non-hydrogen) atoms. The van der Waals surface area contributed by atoms with Crippen LogP contribution >= 0.6 is 0 Å². The standard InChI is InChI=1S/C54H94O4/c1-9-10-11-12-13-14-15-16-17-18-19-20-21-22-23-24-25-26-27-28-29-30-47(55)58-46-35-36-51(6)44(50(46,4)5)34-37-53(8)45(51)32-31-43-48-42(3)41(2)33-38-54(48,49(56)57)40-39-52(43,53)7/h31,41-42,44-46,48H,9-30,32-40H2,1-8H3,(H,56,57)/t41-,42+,44+,45-,46+,48+,51+,52-,53-,54+/m1/s1. The molecule has 10 atom stereocenters. The van der Waals surface area contributed by atoms with Gasteiger partial charge in [-0.1, -0.05) is 195 Å².